The van der Waals surface area contributed by atoms with Gasteiger partial charge >= 0.3 is 0 Å². The molecule has 2 rings (SSSR count). The van der Waals surface area contributed by atoms with Gasteiger partial charge in [0, 0.05) is 31.9 Å². The van der Waals surface area contributed by atoms with Gasteiger partial charge in [-0.2, -0.15) is 0 Å². The van der Waals surface area contributed by atoms with Gasteiger partial charge in [0.2, 0.25) is 5.91 Å². The lowest BCUT2D eigenvalue weighted by molar-refractivity contribution is -0.121. The Morgan fingerprint density at radius 3 is 2.38 bits per heavy atom. The molecule has 0 aliphatic carbocycles. The van der Waals surface area contributed by atoms with Crippen molar-refractivity contribution in [1.82, 2.24) is 15.6 Å². The standard InChI is InChI=1S/C23H31N3O3/c1-23(2,3)19-9-11-20(12-10-19)29-16-5-8-21(27)25-14-6-15-26-22(28)18-7-4-13-24-17-18/h4,7,9-13,17H,5-6,8,14-16H2,1-3H3,(H,25,27)(H,26,28). The minimum Gasteiger partial charge on any atom is -0.494 e. The second kappa shape index (κ2) is 11.2. The Morgan fingerprint density at radius 2 is 1.72 bits per heavy atom. The number of amides is 2. The van der Waals surface area contributed by atoms with Crippen molar-refractivity contribution < 1.29 is 14.3 Å². The first kappa shape index (κ1) is 22.4. The van der Waals surface area contributed by atoms with E-state index in [2.05, 4.69) is 48.5 Å². The van der Waals surface area contributed by atoms with Crippen LogP contribution in [0, 0.1) is 0 Å². The van der Waals surface area contributed by atoms with E-state index in [1.54, 1.807) is 18.3 Å². The molecule has 2 N–H and O–H groups in total. The van der Waals surface area contributed by atoms with Crippen molar-refractivity contribution in [1.29, 1.82) is 0 Å². The van der Waals surface area contributed by atoms with E-state index in [1.807, 2.05) is 12.1 Å². The van der Waals surface area contributed by atoms with Gasteiger partial charge < -0.3 is 15.4 Å². The zero-order chi connectivity index (χ0) is 21.1. The molecule has 0 atom stereocenters. The third-order valence-corrected chi connectivity index (χ3v) is 4.42. The van der Waals surface area contributed by atoms with Crippen LogP contribution in [-0.2, 0) is 10.2 Å². The van der Waals surface area contributed by atoms with Crippen molar-refractivity contribution in [2.24, 2.45) is 0 Å². The molecule has 0 unspecified atom stereocenters. The number of hydrogen-bond acceptors (Lipinski definition) is 4. The normalized spacial score (nSPS) is 11.0. The van der Waals surface area contributed by atoms with E-state index in [4.69, 9.17) is 4.74 Å². The van der Waals surface area contributed by atoms with E-state index in [0.29, 0.717) is 44.5 Å². The number of hydrogen-bond donors (Lipinski definition) is 2. The highest BCUT2D eigenvalue weighted by Crippen LogP contribution is 2.24. The van der Waals surface area contributed by atoms with Crippen LogP contribution in [0.1, 0.15) is 56.0 Å². The molecular formula is C23H31N3O3. The van der Waals surface area contributed by atoms with Crippen LogP contribution in [0.2, 0.25) is 0 Å². The van der Waals surface area contributed by atoms with E-state index in [1.165, 1.54) is 11.8 Å². The fourth-order valence-corrected chi connectivity index (χ4v) is 2.68. The summed E-state index contributed by atoms with van der Waals surface area (Å²) in [7, 11) is 0. The van der Waals surface area contributed by atoms with Crippen LogP contribution < -0.4 is 15.4 Å². The number of aromatic nitrogens is 1. The number of nitrogens with zero attached hydrogens (tertiary/aromatic N) is 1. The van der Waals surface area contributed by atoms with Crippen LogP contribution in [-0.4, -0.2) is 36.5 Å². The van der Waals surface area contributed by atoms with Gasteiger partial charge in [0.05, 0.1) is 12.2 Å². The first-order valence-corrected chi connectivity index (χ1v) is 10.0. The second-order valence-electron chi connectivity index (χ2n) is 7.93. The summed E-state index contributed by atoms with van der Waals surface area (Å²) in [6.45, 7) is 8.06. The van der Waals surface area contributed by atoms with Crippen molar-refractivity contribution in [3.8, 4) is 5.75 Å². The van der Waals surface area contributed by atoms with Gasteiger partial charge in [0.1, 0.15) is 5.75 Å². The molecule has 156 valence electrons. The summed E-state index contributed by atoms with van der Waals surface area (Å²) in [6, 6.07) is 11.5. The van der Waals surface area contributed by atoms with E-state index in [0.717, 1.165) is 5.75 Å². The molecule has 29 heavy (non-hydrogen) atoms. The molecule has 0 bridgehead atoms. The maximum Gasteiger partial charge on any atom is 0.252 e. The Bertz CT molecular complexity index is 768. The molecule has 0 saturated carbocycles. The van der Waals surface area contributed by atoms with E-state index in [9.17, 15) is 9.59 Å². The van der Waals surface area contributed by atoms with Crippen molar-refractivity contribution in [2.75, 3.05) is 19.7 Å². The Kier molecular flexibility index (Phi) is 8.65. The summed E-state index contributed by atoms with van der Waals surface area (Å²) >= 11 is 0. The van der Waals surface area contributed by atoms with Crippen LogP contribution in [0.5, 0.6) is 5.75 Å². The molecule has 0 saturated heterocycles. The zero-order valence-electron chi connectivity index (χ0n) is 17.5. The minimum absolute atomic E-state index is 0.00438. The molecule has 0 aliphatic rings. The smallest absolute Gasteiger partial charge is 0.252 e. The van der Waals surface area contributed by atoms with Crippen LogP contribution in [0.3, 0.4) is 0 Å². The third-order valence-electron chi connectivity index (χ3n) is 4.42. The molecular weight excluding hydrogens is 366 g/mol. The highest BCUT2D eigenvalue weighted by atomic mass is 16.5. The topological polar surface area (TPSA) is 80.3 Å². The van der Waals surface area contributed by atoms with Crippen molar-refractivity contribution >= 4 is 11.8 Å². The largest absolute Gasteiger partial charge is 0.494 e. The molecule has 0 radical (unpaired) electrons. The van der Waals surface area contributed by atoms with Gasteiger partial charge in [-0.1, -0.05) is 32.9 Å². The minimum atomic E-state index is -0.155. The number of pyridine rings is 1. The first-order chi connectivity index (χ1) is 13.9. The van der Waals surface area contributed by atoms with Gasteiger partial charge in [-0.05, 0) is 48.1 Å². The van der Waals surface area contributed by atoms with E-state index < -0.39 is 0 Å². The molecule has 0 fully saturated rings. The molecule has 0 spiro atoms. The van der Waals surface area contributed by atoms with Crippen molar-refractivity contribution in [3.63, 3.8) is 0 Å². The number of carbonyl (C=O) groups excluding carboxylic acids is 2. The summed E-state index contributed by atoms with van der Waals surface area (Å²) in [6.07, 6.45) is 4.90. The third kappa shape index (κ3) is 8.34. The number of nitrogens with one attached hydrogen (secondary N) is 2. The molecule has 2 amide bonds. The fraction of sp³-hybridized carbons (Fsp3) is 0.435. The van der Waals surface area contributed by atoms with Crippen LogP contribution >= 0.6 is 0 Å². The SMILES string of the molecule is CC(C)(C)c1ccc(OCCCC(=O)NCCCNC(=O)c2cccnc2)cc1. The number of benzene rings is 1. The van der Waals surface area contributed by atoms with Gasteiger partial charge in [-0.25, -0.2) is 0 Å². The summed E-state index contributed by atoms with van der Waals surface area (Å²) in [5, 5.41) is 5.67. The molecule has 6 nitrogen and oxygen atoms in total. The van der Waals surface area contributed by atoms with Gasteiger partial charge in [-0.15, -0.1) is 0 Å². The van der Waals surface area contributed by atoms with E-state index >= 15 is 0 Å². The summed E-state index contributed by atoms with van der Waals surface area (Å²) < 4.78 is 5.70. The quantitative estimate of drug-likeness (QED) is 0.602. The Labute approximate surface area is 173 Å². The Morgan fingerprint density at radius 1 is 1.00 bits per heavy atom. The Balaban J connectivity index is 1.52. The maximum absolute atomic E-state index is 11.9. The van der Waals surface area contributed by atoms with Crippen molar-refractivity contribution in [2.45, 2.75) is 45.4 Å². The van der Waals surface area contributed by atoms with Crippen LogP contribution in [0.15, 0.2) is 48.8 Å². The lowest BCUT2D eigenvalue weighted by Crippen LogP contribution is -2.30. The average Bonchev–Trinajstić information content (AvgIpc) is 2.71. The maximum atomic E-state index is 11.9. The van der Waals surface area contributed by atoms with Gasteiger partial charge in [0.25, 0.3) is 5.91 Å². The molecule has 1 aromatic carbocycles. The molecule has 1 aromatic heterocycles. The van der Waals surface area contributed by atoms with E-state index in [-0.39, 0.29) is 17.2 Å². The lowest BCUT2D eigenvalue weighted by atomic mass is 9.87. The molecule has 6 heteroatoms. The average molecular weight is 398 g/mol. The molecule has 2 aromatic rings. The fourth-order valence-electron chi connectivity index (χ4n) is 2.68. The van der Waals surface area contributed by atoms with Crippen molar-refractivity contribution in [3.05, 3.63) is 59.9 Å². The number of ether oxygens (including phenoxy) is 1. The second-order valence-corrected chi connectivity index (χ2v) is 7.93. The summed E-state index contributed by atoms with van der Waals surface area (Å²) in [5.74, 6) is 0.662. The Hall–Kier alpha value is -2.89. The lowest BCUT2D eigenvalue weighted by Gasteiger charge is -2.19. The predicted octanol–water partition coefficient (Wildman–Crippen LogP) is 3.47. The van der Waals surface area contributed by atoms with Gasteiger partial charge in [-0.3, -0.25) is 14.6 Å². The highest BCUT2D eigenvalue weighted by Gasteiger charge is 2.13. The van der Waals surface area contributed by atoms with Gasteiger partial charge in [0.15, 0.2) is 0 Å². The molecule has 1 heterocycles. The molecule has 0 aliphatic heterocycles. The monoisotopic (exact) mass is 397 g/mol. The van der Waals surface area contributed by atoms with Crippen LogP contribution in [0.4, 0.5) is 0 Å². The number of rotatable bonds is 10. The zero-order valence-corrected chi connectivity index (χ0v) is 17.5. The highest BCUT2D eigenvalue weighted by molar-refractivity contribution is 5.93. The summed E-state index contributed by atoms with van der Waals surface area (Å²) in [5.41, 5.74) is 1.92. The predicted molar refractivity (Wildman–Crippen MR) is 114 cm³/mol. The first-order valence-electron chi connectivity index (χ1n) is 10.0. The number of carbonyl (C=O) groups is 2. The summed E-state index contributed by atoms with van der Waals surface area (Å²) in [4.78, 5) is 27.6. The van der Waals surface area contributed by atoms with Crippen LogP contribution in [0.25, 0.3) is 0 Å².